The van der Waals surface area contributed by atoms with E-state index in [1.165, 1.54) is 0 Å². The fourth-order valence-electron chi connectivity index (χ4n) is 1.29. The van der Waals surface area contributed by atoms with Crippen molar-refractivity contribution in [3.05, 3.63) is 0 Å². The second-order valence-corrected chi connectivity index (χ2v) is 4.29. The minimum absolute atomic E-state index is 0.171. The number of alkyl halides is 4. The zero-order chi connectivity index (χ0) is 12.4. The molecular formula is C10H19BrF3NO. The summed E-state index contributed by atoms with van der Waals surface area (Å²) in [5.41, 5.74) is 0. The number of rotatable bonds is 9. The van der Waals surface area contributed by atoms with E-state index in [9.17, 15) is 13.2 Å². The van der Waals surface area contributed by atoms with Crippen LogP contribution in [0.2, 0.25) is 0 Å². The van der Waals surface area contributed by atoms with E-state index in [0.717, 1.165) is 31.4 Å². The van der Waals surface area contributed by atoms with Crippen LogP contribution in [0.5, 0.6) is 0 Å². The Balaban J connectivity index is 3.41. The van der Waals surface area contributed by atoms with Crippen molar-refractivity contribution in [2.24, 2.45) is 0 Å². The minimum atomic E-state index is -4.21. The van der Waals surface area contributed by atoms with Gasteiger partial charge in [0.15, 0.2) is 0 Å². The summed E-state index contributed by atoms with van der Waals surface area (Å²) in [4.78, 5) is 2.21. The van der Waals surface area contributed by atoms with Gasteiger partial charge in [0, 0.05) is 18.5 Å². The molecule has 0 fully saturated rings. The Morgan fingerprint density at radius 1 is 1.19 bits per heavy atom. The quantitative estimate of drug-likeness (QED) is 0.479. The van der Waals surface area contributed by atoms with Gasteiger partial charge >= 0.3 is 6.18 Å². The molecule has 0 atom stereocenters. The molecule has 0 aliphatic carbocycles. The van der Waals surface area contributed by atoms with E-state index in [1.54, 1.807) is 0 Å². The van der Waals surface area contributed by atoms with Gasteiger partial charge in [-0.3, -0.25) is 0 Å². The Morgan fingerprint density at radius 2 is 1.81 bits per heavy atom. The number of halogens is 4. The predicted molar refractivity (Wildman–Crippen MR) is 62.0 cm³/mol. The highest BCUT2D eigenvalue weighted by Gasteiger charge is 2.27. The second kappa shape index (κ2) is 9.24. The molecule has 0 unspecified atom stereocenters. The Hall–Kier alpha value is 0.190. The molecule has 0 radical (unpaired) electrons. The largest absolute Gasteiger partial charge is 0.411 e. The number of hydrogen-bond acceptors (Lipinski definition) is 2. The first-order valence-electron chi connectivity index (χ1n) is 5.42. The molecule has 0 N–H and O–H groups in total. The molecule has 0 spiro atoms. The van der Waals surface area contributed by atoms with Gasteiger partial charge in [-0.25, -0.2) is 0 Å². The van der Waals surface area contributed by atoms with Crippen molar-refractivity contribution in [3.63, 3.8) is 0 Å². The van der Waals surface area contributed by atoms with Crippen LogP contribution < -0.4 is 0 Å². The van der Waals surface area contributed by atoms with Crippen molar-refractivity contribution in [1.29, 1.82) is 0 Å². The van der Waals surface area contributed by atoms with Gasteiger partial charge in [-0.05, 0) is 25.9 Å². The molecule has 6 heteroatoms. The molecule has 0 saturated heterocycles. The molecule has 0 rings (SSSR count). The van der Waals surface area contributed by atoms with Crippen molar-refractivity contribution >= 4 is 15.9 Å². The molecule has 0 aromatic heterocycles. The summed E-state index contributed by atoms with van der Waals surface area (Å²) in [5.74, 6) is 0. The summed E-state index contributed by atoms with van der Waals surface area (Å²) in [6.45, 7) is 3.77. The van der Waals surface area contributed by atoms with E-state index in [4.69, 9.17) is 0 Å². The summed E-state index contributed by atoms with van der Waals surface area (Å²) in [6.07, 6.45) is -2.51. The maximum Gasteiger partial charge on any atom is 0.411 e. The van der Waals surface area contributed by atoms with Crippen LogP contribution in [0.25, 0.3) is 0 Å². The van der Waals surface area contributed by atoms with Crippen LogP contribution in [-0.4, -0.2) is 49.3 Å². The minimum Gasteiger partial charge on any atom is -0.372 e. The van der Waals surface area contributed by atoms with Crippen LogP contribution in [0.3, 0.4) is 0 Å². The van der Waals surface area contributed by atoms with Crippen molar-refractivity contribution in [2.45, 2.75) is 25.9 Å². The first kappa shape index (κ1) is 16.2. The van der Waals surface area contributed by atoms with Crippen LogP contribution in [0.1, 0.15) is 19.8 Å². The average molecular weight is 306 g/mol. The molecule has 16 heavy (non-hydrogen) atoms. The zero-order valence-electron chi connectivity index (χ0n) is 9.52. The lowest BCUT2D eigenvalue weighted by atomic mass is 10.3. The lowest BCUT2D eigenvalue weighted by Crippen LogP contribution is -2.27. The summed E-state index contributed by atoms with van der Waals surface area (Å²) in [5, 5.41) is 0.952. The van der Waals surface area contributed by atoms with Gasteiger partial charge < -0.3 is 9.64 Å². The standard InChI is InChI=1S/C10H19BrF3NO/c1-2-15(6-3-5-11)7-4-8-16-9-10(12,13)14/h2-9H2,1H3. The van der Waals surface area contributed by atoms with Crippen LogP contribution in [0.15, 0.2) is 0 Å². The molecule has 0 aliphatic rings. The topological polar surface area (TPSA) is 12.5 Å². The normalized spacial score (nSPS) is 12.4. The van der Waals surface area contributed by atoms with Gasteiger partial charge in [-0.1, -0.05) is 22.9 Å². The monoisotopic (exact) mass is 305 g/mol. The third-order valence-electron chi connectivity index (χ3n) is 2.08. The molecule has 0 aliphatic heterocycles. The van der Waals surface area contributed by atoms with E-state index in [0.29, 0.717) is 6.42 Å². The third kappa shape index (κ3) is 10.7. The summed E-state index contributed by atoms with van der Waals surface area (Å²) in [6, 6.07) is 0. The van der Waals surface area contributed by atoms with Crippen LogP contribution >= 0.6 is 15.9 Å². The van der Waals surface area contributed by atoms with E-state index < -0.39 is 12.8 Å². The zero-order valence-corrected chi connectivity index (χ0v) is 11.1. The highest BCUT2D eigenvalue weighted by Crippen LogP contribution is 2.14. The summed E-state index contributed by atoms with van der Waals surface area (Å²) in [7, 11) is 0. The average Bonchev–Trinajstić information content (AvgIpc) is 2.20. The van der Waals surface area contributed by atoms with Gasteiger partial charge in [-0.2, -0.15) is 13.2 Å². The van der Waals surface area contributed by atoms with Crippen LogP contribution in [0.4, 0.5) is 13.2 Å². The summed E-state index contributed by atoms with van der Waals surface area (Å²) < 4.78 is 39.7. The summed E-state index contributed by atoms with van der Waals surface area (Å²) >= 11 is 3.35. The van der Waals surface area contributed by atoms with E-state index >= 15 is 0 Å². The second-order valence-electron chi connectivity index (χ2n) is 3.50. The Labute approximate surface area is 103 Å². The van der Waals surface area contributed by atoms with Crippen LogP contribution in [-0.2, 0) is 4.74 Å². The molecule has 0 saturated carbocycles. The highest BCUT2D eigenvalue weighted by atomic mass is 79.9. The molecule has 98 valence electrons. The lowest BCUT2D eigenvalue weighted by molar-refractivity contribution is -0.174. The van der Waals surface area contributed by atoms with Gasteiger partial charge in [0.25, 0.3) is 0 Å². The number of ether oxygens (including phenoxy) is 1. The third-order valence-corrected chi connectivity index (χ3v) is 2.64. The van der Waals surface area contributed by atoms with Crippen molar-refractivity contribution in [1.82, 2.24) is 4.90 Å². The van der Waals surface area contributed by atoms with Gasteiger partial charge in [0.05, 0.1) is 0 Å². The van der Waals surface area contributed by atoms with Gasteiger partial charge in [0.2, 0.25) is 0 Å². The predicted octanol–water partition coefficient (Wildman–Crippen LogP) is 3.06. The van der Waals surface area contributed by atoms with Crippen LogP contribution in [0, 0.1) is 0 Å². The first-order chi connectivity index (χ1) is 7.49. The van der Waals surface area contributed by atoms with Crippen molar-refractivity contribution < 1.29 is 17.9 Å². The molecule has 0 heterocycles. The van der Waals surface area contributed by atoms with E-state index in [-0.39, 0.29) is 6.61 Å². The van der Waals surface area contributed by atoms with Crippen molar-refractivity contribution in [3.8, 4) is 0 Å². The van der Waals surface area contributed by atoms with Gasteiger partial charge in [0.1, 0.15) is 6.61 Å². The molecule has 2 nitrogen and oxygen atoms in total. The highest BCUT2D eigenvalue weighted by molar-refractivity contribution is 9.09. The SMILES string of the molecule is CCN(CCCBr)CCCOCC(F)(F)F. The Kier molecular flexibility index (Phi) is 9.35. The maximum absolute atomic E-state index is 11.7. The number of nitrogens with zero attached hydrogens (tertiary/aromatic N) is 1. The Morgan fingerprint density at radius 3 is 2.31 bits per heavy atom. The van der Waals surface area contributed by atoms with Crippen molar-refractivity contribution in [2.75, 3.05) is 38.2 Å². The molecule has 0 amide bonds. The number of hydrogen-bond donors (Lipinski definition) is 0. The molecule has 0 aromatic carbocycles. The fourth-order valence-corrected chi connectivity index (χ4v) is 1.54. The first-order valence-corrected chi connectivity index (χ1v) is 6.54. The molecular weight excluding hydrogens is 287 g/mol. The molecule has 0 bridgehead atoms. The van der Waals surface area contributed by atoms with E-state index in [1.807, 2.05) is 6.92 Å². The molecule has 0 aromatic rings. The fraction of sp³-hybridized carbons (Fsp3) is 1.00. The van der Waals surface area contributed by atoms with E-state index in [2.05, 4.69) is 25.6 Å². The lowest BCUT2D eigenvalue weighted by Gasteiger charge is -2.19. The smallest absolute Gasteiger partial charge is 0.372 e. The maximum atomic E-state index is 11.7. The Bertz CT molecular complexity index is 167. The van der Waals surface area contributed by atoms with Gasteiger partial charge in [-0.15, -0.1) is 0 Å².